The van der Waals surface area contributed by atoms with Crippen molar-refractivity contribution in [2.45, 2.75) is 26.7 Å². The van der Waals surface area contributed by atoms with Gasteiger partial charge in [0.25, 0.3) is 0 Å². The SMILES string of the molecule is CC(C)(C)C(=O)C(C(=O)c1ccccc1)c1ccsc1P(=O)(c1cccs1)c1cccs1. The third kappa shape index (κ3) is 4.13. The van der Waals surface area contributed by atoms with E-state index in [1.165, 1.54) is 34.0 Å². The van der Waals surface area contributed by atoms with Crippen LogP contribution in [0.1, 0.15) is 42.6 Å². The highest BCUT2D eigenvalue weighted by molar-refractivity contribution is 7.95. The van der Waals surface area contributed by atoms with E-state index >= 15 is 0 Å². The van der Waals surface area contributed by atoms with Crippen LogP contribution < -0.4 is 13.9 Å². The summed E-state index contributed by atoms with van der Waals surface area (Å²) < 4.78 is 16.9. The van der Waals surface area contributed by atoms with Crippen LogP contribution in [-0.2, 0) is 9.36 Å². The normalized spacial score (nSPS) is 13.1. The molecule has 1 atom stereocenters. The second-order valence-electron chi connectivity index (χ2n) is 8.47. The lowest BCUT2D eigenvalue weighted by Crippen LogP contribution is -2.35. The van der Waals surface area contributed by atoms with E-state index in [0.29, 0.717) is 15.7 Å². The molecule has 0 saturated heterocycles. The zero-order valence-electron chi connectivity index (χ0n) is 18.0. The lowest BCUT2D eigenvalue weighted by Gasteiger charge is -2.26. The van der Waals surface area contributed by atoms with E-state index in [-0.39, 0.29) is 11.6 Å². The van der Waals surface area contributed by atoms with Gasteiger partial charge in [-0.15, -0.1) is 34.0 Å². The highest BCUT2D eigenvalue weighted by Gasteiger charge is 2.43. The van der Waals surface area contributed by atoms with Crippen LogP contribution in [0.3, 0.4) is 0 Å². The Bertz CT molecular complexity index is 1230. The molecule has 0 saturated carbocycles. The summed E-state index contributed by atoms with van der Waals surface area (Å²) in [6.07, 6.45) is 0. The van der Waals surface area contributed by atoms with Crippen molar-refractivity contribution < 1.29 is 14.2 Å². The predicted molar refractivity (Wildman–Crippen MR) is 137 cm³/mol. The Morgan fingerprint density at radius 2 is 1.38 bits per heavy atom. The maximum absolute atomic E-state index is 14.8. The molecule has 0 N–H and O–H groups in total. The van der Waals surface area contributed by atoms with Gasteiger partial charge in [0.15, 0.2) is 18.7 Å². The number of thiophene rings is 3. The average Bonchev–Trinajstić information content (AvgIpc) is 3.56. The zero-order chi connectivity index (χ0) is 22.9. The summed E-state index contributed by atoms with van der Waals surface area (Å²) in [7, 11) is -3.20. The Morgan fingerprint density at radius 3 is 1.88 bits per heavy atom. The minimum Gasteiger partial charge on any atom is -0.306 e. The van der Waals surface area contributed by atoms with Gasteiger partial charge in [0.1, 0.15) is 5.92 Å². The quantitative estimate of drug-likeness (QED) is 0.176. The molecule has 0 aliphatic carbocycles. The van der Waals surface area contributed by atoms with Gasteiger partial charge in [-0.1, -0.05) is 63.2 Å². The highest BCUT2D eigenvalue weighted by atomic mass is 32.1. The first-order valence-electron chi connectivity index (χ1n) is 10.1. The lowest BCUT2D eigenvalue weighted by molar-refractivity contribution is -0.126. The topological polar surface area (TPSA) is 51.2 Å². The number of Topliss-reactive ketones (excluding diaryl/α,β-unsaturated/α-hetero) is 2. The molecule has 3 nitrogen and oxygen atoms in total. The van der Waals surface area contributed by atoms with Crippen LogP contribution >= 0.6 is 41.2 Å². The first-order chi connectivity index (χ1) is 15.2. The van der Waals surface area contributed by atoms with E-state index in [4.69, 9.17) is 0 Å². The maximum Gasteiger partial charge on any atom is 0.199 e. The van der Waals surface area contributed by atoms with Crippen LogP contribution in [0.5, 0.6) is 0 Å². The molecule has 0 spiro atoms. The van der Waals surface area contributed by atoms with Crippen molar-refractivity contribution in [3.63, 3.8) is 0 Å². The fourth-order valence-electron chi connectivity index (χ4n) is 3.60. The lowest BCUT2D eigenvalue weighted by atomic mass is 9.77. The number of carbonyl (C=O) groups is 2. The fraction of sp³-hybridized carbons (Fsp3) is 0.200. The van der Waals surface area contributed by atoms with Gasteiger partial charge in [-0.25, -0.2) is 0 Å². The highest BCUT2D eigenvalue weighted by Crippen LogP contribution is 2.49. The molecule has 0 aliphatic rings. The minimum atomic E-state index is -3.20. The molecule has 3 aromatic heterocycles. The molecule has 1 unspecified atom stereocenters. The van der Waals surface area contributed by atoms with Gasteiger partial charge in [0.2, 0.25) is 0 Å². The van der Waals surface area contributed by atoms with Gasteiger partial charge in [-0.3, -0.25) is 9.59 Å². The average molecular weight is 499 g/mol. The molecule has 0 radical (unpaired) electrons. The fourth-order valence-corrected chi connectivity index (χ4v) is 11.5. The van der Waals surface area contributed by atoms with Crippen LogP contribution in [0.25, 0.3) is 0 Å². The number of rotatable bonds is 7. The Balaban J connectivity index is 1.94. The number of hydrogen-bond acceptors (Lipinski definition) is 6. The van der Waals surface area contributed by atoms with Crippen LogP contribution in [0.2, 0.25) is 0 Å². The van der Waals surface area contributed by atoms with Crippen LogP contribution in [0.15, 0.2) is 76.8 Å². The smallest absolute Gasteiger partial charge is 0.199 e. The van der Waals surface area contributed by atoms with Gasteiger partial charge in [0, 0.05) is 11.0 Å². The van der Waals surface area contributed by atoms with Gasteiger partial charge < -0.3 is 4.57 Å². The third-order valence-electron chi connectivity index (χ3n) is 5.23. The summed E-state index contributed by atoms with van der Waals surface area (Å²) in [5.74, 6) is -1.43. The van der Waals surface area contributed by atoms with Gasteiger partial charge in [-0.05, 0) is 39.9 Å². The monoisotopic (exact) mass is 498 g/mol. The van der Waals surface area contributed by atoms with E-state index in [0.717, 1.165) is 9.24 Å². The number of hydrogen-bond donors (Lipinski definition) is 0. The van der Waals surface area contributed by atoms with Crippen LogP contribution in [-0.4, -0.2) is 11.6 Å². The van der Waals surface area contributed by atoms with E-state index in [1.54, 1.807) is 24.3 Å². The summed E-state index contributed by atoms with van der Waals surface area (Å²) >= 11 is 4.26. The molecule has 0 bridgehead atoms. The van der Waals surface area contributed by atoms with Crippen molar-refractivity contribution in [2.24, 2.45) is 5.41 Å². The molecule has 4 aromatic rings. The van der Waals surface area contributed by atoms with Crippen molar-refractivity contribution in [3.05, 3.63) is 87.9 Å². The molecular formula is C25H23O3PS3. The molecule has 7 heteroatoms. The van der Waals surface area contributed by atoms with Crippen molar-refractivity contribution in [1.29, 1.82) is 0 Å². The van der Waals surface area contributed by atoms with Gasteiger partial charge in [0.05, 0.1) is 13.9 Å². The summed E-state index contributed by atoms with van der Waals surface area (Å²) in [4.78, 5) is 27.3. The van der Waals surface area contributed by atoms with Crippen molar-refractivity contribution in [1.82, 2.24) is 0 Å². The molecule has 0 fully saturated rings. The Kier molecular flexibility index (Phi) is 6.51. The third-order valence-corrected chi connectivity index (χ3v) is 12.9. The van der Waals surface area contributed by atoms with E-state index in [1.807, 2.05) is 73.3 Å². The van der Waals surface area contributed by atoms with Crippen molar-refractivity contribution in [2.75, 3.05) is 0 Å². The second kappa shape index (κ2) is 9.03. The summed E-state index contributed by atoms with van der Waals surface area (Å²) in [6.45, 7) is 5.47. The van der Waals surface area contributed by atoms with E-state index in [9.17, 15) is 14.2 Å². The molecule has 32 heavy (non-hydrogen) atoms. The largest absolute Gasteiger partial charge is 0.306 e. The van der Waals surface area contributed by atoms with Crippen LogP contribution in [0.4, 0.5) is 0 Å². The van der Waals surface area contributed by atoms with E-state index < -0.39 is 18.5 Å². The molecule has 4 rings (SSSR count). The summed E-state index contributed by atoms with van der Waals surface area (Å²) in [5, 5.41) is 5.67. The molecular weight excluding hydrogens is 475 g/mol. The standard InChI is InChI=1S/C25H23O3PS3/c1-25(2,3)23(27)21(22(26)17-9-5-4-6-10-17)18-13-16-32-24(18)29(28,19-11-7-14-30-19)20-12-8-15-31-20/h4-16,21H,1-3H3. The Morgan fingerprint density at radius 1 is 0.781 bits per heavy atom. The van der Waals surface area contributed by atoms with Crippen LogP contribution in [0, 0.1) is 5.41 Å². The van der Waals surface area contributed by atoms with Gasteiger partial charge in [-0.2, -0.15) is 0 Å². The van der Waals surface area contributed by atoms with Crippen molar-refractivity contribution in [3.8, 4) is 0 Å². The Hall–Kier alpha value is -2.11. The van der Waals surface area contributed by atoms with Gasteiger partial charge >= 0.3 is 0 Å². The Labute approximate surface area is 200 Å². The van der Waals surface area contributed by atoms with E-state index in [2.05, 4.69) is 0 Å². The first kappa shape index (κ1) is 23.1. The molecule has 0 amide bonds. The molecule has 1 aromatic carbocycles. The number of ketones is 2. The zero-order valence-corrected chi connectivity index (χ0v) is 21.3. The van der Waals surface area contributed by atoms with Crippen molar-refractivity contribution >= 4 is 66.6 Å². The molecule has 3 heterocycles. The molecule has 0 aliphatic heterocycles. The number of benzene rings is 1. The second-order valence-corrected chi connectivity index (χ2v) is 14.8. The number of carbonyl (C=O) groups excluding carboxylic acids is 2. The molecule has 164 valence electrons. The first-order valence-corrected chi connectivity index (χ1v) is 14.5. The maximum atomic E-state index is 14.8. The summed E-state index contributed by atoms with van der Waals surface area (Å²) in [6, 6.07) is 18.2. The summed E-state index contributed by atoms with van der Waals surface area (Å²) in [5.41, 5.74) is 0.313. The predicted octanol–water partition coefficient (Wildman–Crippen LogP) is 6.09. The minimum absolute atomic E-state index is 0.171.